The van der Waals surface area contributed by atoms with Gasteiger partial charge in [0, 0.05) is 33.7 Å². The van der Waals surface area contributed by atoms with Gasteiger partial charge >= 0.3 is 0 Å². The second-order valence-corrected chi connectivity index (χ2v) is 6.55. The van der Waals surface area contributed by atoms with Gasteiger partial charge in [-0.3, -0.25) is 9.78 Å². The maximum absolute atomic E-state index is 12.6. The molecule has 3 nitrogen and oxygen atoms in total. The van der Waals surface area contributed by atoms with E-state index in [9.17, 15) is 4.79 Å². The first-order valence-corrected chi connectivity index (χ1v) is 8.07. The van der Waals surface area contributed by atoms with Gasteiger partial charge in [0.1, 0.15) is 0 Å². The number of carbonyl (C=O) groups excluding carboxylic acids is 1. The minimum absolute atomic E-state index is 0.0607. The van der Waals surface area contributed by atoms with E-state index in [1.807, 2.05) is 42.6 Å². The third kappa shape index (κ3) is 2.35. The van der Waals surface area contributed by atoms with Gasteiger partial charge in [-0.05, 0) is 30.2 Å². The van der Waals surface area contributed by atoms with E-state index >= 15 is 0 Å². The summed E-state index contributed by atoms with van der Waals surface area (Å²) in [6, 6.07) is 16.0. The maximum atomic E-state index is 12.6. The molecule has 1 atom stereocenters. The topological polar surface area (TPSA) is 42.0 Å². The van der Waals surface area contributed by atoms with Gasteiger partial charge in [0.15, 0.2) is 0 Å². The van der Waals surface area contributed by atoms with E-state index in [0.29, 0.717) is 0 Å². The van der Waals surface area contributed by atoms with Crippen molar-refractivity contribution in [3.8, 4) is 0 Å². The molecule has 2 aromatic carbocycles. The van der Waals surface area contributed by atoms with E-state index < -0.39 is 0 Å². The van der Waals surface area contributed by atoms with Crippen LogP contribution in [0.2, 0.25) is 0 Å². The quantitative estimate of drug-likeness (QED) is 0.781. The number of benzene rings is 2. The number of pyridine rings is 1. The van der Waals surface area contributed by atoms with Crippen molar-refractivity contribution in [2.75, 3.05) is 5.32 Å². The SMILES string of the molecule is O=C(Nc1cccc2cnccc12)C1Cc2ccccc2S1. The zero-order valence-electron chi connectivity index (χ0n) is 11.8. The zero-order valence-corrected chi connectivity index (χ0v) is 12.6. The molecule has 1 amide bonds. The highest BCUT2D eigenvalue weighted by Crippen LogP contribution is 2.37. The highest BCUT2D eigenvalue weighted by Gasteiger charge is 2.28. The Kier molecular flexibility index (Phi) is 3.31. The van der Waals surface area contributed by atoms with Crippen LogP contribution in [-0.2, 0) is 11.2 Å². The molecule has 1 N–H and O–H groups in total. The van der Waals surface area contributed by atoms with Crippen molar-refractivity contribution in [2.24, 2.45) is 0 Å². The average molecular weight is 306 g/mol. The maximum Gasteiger partial charge on any atom is 0.238 e. The lowest BCUT2D eigenvalue weighted by Gasteiger charge is -2.12. The minimum atomic E-state index is -0.0607. The van der Waals surface area contributed by atoms with Crippen LogP contribution in [0.3, 0.4) is 0 Å². The first-order chi connectivity index (χ1) is 10.8. The van der Waals surface area contributed by atoms with Crippen molar-refractivity contribution in [1.29, 1.82) is 0 Å². The summed E-state index contributed by atoms with van der Waals surface area (Å²) in [5.41, 5.74) is 2.11. The van der Waals surface area contributed by atoms with Crippen LogP contribution >= 0.6 is 11.8 Å². The highest BCUT2D eigenvalue weighted by atomic mass is 32.2. The molecule has 0 fully saturated rings. The lowest BCUT2D eigenvalue weighted by Crippen LogP contribution is -2.24. The van der Waals surface area contributed by atoms with E-state index in [4.69, 9.17) is 0 Å². The first-order valence-electron chi connectivity index (χ1n) is 7.19. The second kappa shape index (κ2) is 5.46. The van der Waals surface area contributed by atoms with Crippen molar-refractivity contribution >= 4 is 34.1 Å². The molecule has 0 saturated heterocycles. The number of anilines is 1. The summed E-state index contributed by atoms with van der Waals surface area (Å²) in [5, 5.41) is 5.06. The molecule has 1 aromatic heterocycles. The largest absolute Gasteiger partial charge is 0.325 e. The summed E-state index contributed by atoms with van der Waals surface area (Å²) in [4.78, 5) is 17.9. The smallest absolute Gasteiger partial charge is 0.238 e. The molecular weight excluding hydrogens is 292 g/mol. The van der Waals surface area contributed by atoms with Gasteiger partial charge in [0.05, 0.1) is 5.25 Å². The Morgan fingerprint density at radius 3 is 2.95 bits per heavy atom. The molecule has 4 rings (SSSR count). The molecule has 0 radical (unpaired) electrons. The van der Waals surface area contributed by atoms with Crippen molar-refractivity contribution in [3.63, 3.8) is 0 Å². The molecule has 3 aromatic rings. The van der Waals surface area contributed by atoms with Gasteiger partial charge in [0.25, 0.3) is 0 Å². The number of hydrogen-bond acceptors (Lipinski definition) is 3. The summed E-state index contributed by atoms with van der Waals surface area (Å²) < 4.78 is 0. The fraction of sp³-hybridized carbons (Fsp3) is 0.111. The summed E-state index contributed by atoms with van der Waals surface area (Å²) in [6.45, 7) is 0. The lowest BCUT2D eigenvalue weighted by atomic mass is 10.1. The van der Waals surface area contributed by atoms with Gasteiger partial charge in [-0.15, -0.1) is 11.8 Å². The van der Waals surface area contributed by atoms with Gasteiger partial charge in [-0.2, -0.15) is 0 Å². The standard InChI is InChI=1S/C18H14N2OS/c21-18(17-10-12-4-1-2-7-16(12)22-17)20-15-6-3-5-13-11-19-9-8-14(13)15/h1-9,11,17H,10H2,(H,20,21). The van der Waals surface area contributed by atoms with Crippen LogP contribution < -0.4 is 5.32 Å². The first kappa shape index (κ1) is 13.3. The molecule has 0 saturated carbocycles. The van der Waals surface area contributed by atoms with Crippen LogP contribution in [0.4, 0.5) is 5.69 Å². The Labute approximate surface area is 132 Å². The normalized spacial score (nSPS) is 16.5. The van der Waals surface area contributed by atoms with Gasteiger partial charge in [0.2, 0.25) is 5.91 Å². The number of nitrogens with zero attached hydrogens (tertiary/aromatic N) is 1. The molecule has 1 aliphatic heterocycles. The molecule has 1 unspecified atom stereocenters. The molecule has 1 aliphatic rings. The molecule has 108 valence electrons. The molecule has 22 heavy (non-hydrogen) atoms. The van der Waals surface area contributed by atoms with Crippen LogP contribution in [0.1, 0.15) is 5.56 Å². The van der Waals surface area contributed by atoms with Crippen molar-refractivity contribution < 1.29 is 4.79 Å². The molecular formula is C18H14N2OS. The Hall–Kier alpha value is -2.33. The Balaban J connectivity index is 1.58. The van der Waals surface area contributed by atoms with Crippen LogP contribution in [0.25, 0.3) is 10.8 Å². The molecule has 0 spiro atoms. The molecule has 4 heteroatoms. The van der Waals surface area contributed by atoms with Crippen molar-refractivity contribution in [3.05, 3.63) is 66.5 Å². The predicted octanol–water partition coefficient (Wildman–Crippen LogP) is 3.89. The summed E-state index contributed by atoms with van der Waals surface area (Å²) in [5.74, 6) is 0.0607. The summed E-state index contributed by atoms with van der Waals surface area (Å²) in [7, 11) is 0. The number of rotatable bonds is 2. The third-order valence-corrected chi connectivity index (χ3v) is 5.20. The van der Waals surface area contributed by atoms with E-state index in [2.05, 4.69) is 22.4 Å². The second-order valence-electron chi connectivity index (χ2n) is 5.31. The monoisotopic (exact) mass is 306 g/mol. The van der Waals surface area contributed by atoms with Crippen molar-refractivity contribution in [1.82, 2.24) is 4.98 Å². The zero-order chi connectivity index (χ0) is 14.9. The lowest BCUT2D eigenvalue weighted by molar-refractivity contribution is -0.115. The fourth-order valence-corrected chi connectivity index (χ4v) is 3.97. The Bertz CT molecular complexity index is 832. The molecule has 0 bridgehead atoms. The van der Waals surface area contributed by atoms with E-state index in [1.54, 1.807) is 18.0 Å². The number of aromatic nitrogens is 1. The summed E-state index contributed by atoms with van der Waals surface area (Å²) in [6.07, 6.45) is 4.35. The van der Waals surface area contributed by atoms with E-state index in [1.165, 1.54) is 10.5 Å². The Morgan fingerprint density at radius 2 is 2.05 bits per heavy atom. The van der Waals surface area contributed by atoms with Gasteiger partial charge in [-0.25, -0.2) is 0 Å². The van der Waals surface area contributed by atoms with Crippen LogP contribution in [0.15, 0.2) is 65.8 Å². The van der Waals surface area contributed by atoms with E-state index in [0.717, 1.165) is 22.9 Å². The van der Waals surface area contributed by atoms with Crippen molar-refractivity contribution in [2.45, 2.75) is 16.6 Å². The third-order valence-electron chi connectivity index (χ3n) is 3.88. The Morgan fingerprint density at radius 1 is 1.14 bits per heavy atom. The number of carbonyl (C=O) groups is 1. The van der Waals surface area contributed by atoms with E-state index in [-0.39, 0.29) is 11.2 Å². The number of amides is 1. The number of thioether (sulfide) groups is 1. The number of hydrogen-bond donors (Lipinski definition) is 1. The number of nitrogens with one attached hydrogen (secondary N) is 1. The van der Waals surface area contributed by atoms with Crippen LogP contribution in [-0.4, -0.2) is 16.1 Å². The van der Waals surface area contributed by atoms with Crippen LogP contribution in [0.5, 0.6) is 0 Å². The average Bonchev–Trinajstić information content (AvgIpc) is 2.99. The number of fused-ring (bicyclic) bond motifs is 2. The van der Waals surface area contributed by atoms with Crippen LogP contribution in [0, 0.1) is 0 Å². The minimum Gasteiger partial charge on any atom is -0.325 e. The molecule has 0 aliphatic carbocycles. The predicted molar refractivity (Wildman–Crippen MR) is 90.2 cm³/mol. The van der Waals surface area contributed by atoms with Gasteiger partial charge < -0.3 is 5.32 Å². The van der Waals surface area contributed by atoms with Gasteiger partial charge in [-0.1, -0.05) is 30.3 Å². The summed E-state index contributed by atoms with van der Waals surface area (Å²) >= 11 is 1.64. The highest BCUT2D eigenvalue weighted by molar-refractivity contribution is 8.01. The molecule has 2 heterocycles. The fourth-order valence-electron chi connectivity index (χ4n) is 2.77.